The number of benzene rings is 1. The van der Waals surface area contributed by atoms with E-state index in [4.69, 9.17) is 10.5 Å². The van der Waals surface area contributed by atoms with Gasteiger partial charge in [-0.15, -0.1) is 0 Å². The normalized spacial score (nSPS) is 23.2. The standard InChI is InChI=1S/C12H17N3O3/c1-8-9(13)6-7-14(8)10-4-3-5-11(18-2)12(10)15(16)17/h3-5,8-9H,6-7,13H2,1-2H3. The van der Waals surface area contributed by atoms with Crippen LogP contribution in [0.4, 0.5) is 11.4 Å². The van der Waals surface area contributed by atoms with Crippen molar-refractivity contribution in [2.24, 2.45) is 5.73 Å². The maximum absolute atomic E-state index is 11.2. The van der Waals surface area contributed by atoms with Gasteiger partial charge in [-0.2, -0.15) is 0 Å². The van der Waals surface area contributed by atoms with E-state index < -0.39 is 4.92 Å². The third-order valence-electron chi connectivity index (χ3n) is 3.50. The monoisotopic (exact) mass is 251 g/mol. The van der Waals surface area contributed by atoms with Gasteiger partial charge in [0.05, 0.1) is 12.0 Å². The van der Waals surface area contributed by atoms with Crippen LogP contribution < -0.4 is 15.4 Å². The van der Waals surface area contributed by atoms with E-state index in [1.54, 1.807) is 18.2 Å². The molecule has 1 fully saturated rings. The van der Waals surface area contributed by atoms with E-state index in [2.05, 4.69) is 0 Å². The lowest BCUT2D eigenvalue weighted by atomic mass is 10.1. The summed E-state index contributed by atoms with van der Waals surface area (Å²) in [6.45, 7) is 2.72. The Kier molecular flexibility index (Phi) is 3.38. The lowest BCUT2D eigenvalue weighted by molar-refractivity contribution is -0.385. The fraction of sp³-hybridized carbons (Fsp3) is 0.500. The lowest BCUT2D eigenvalue weighted by Crippen LogP contribution is -2.37. The number of hydrogen-bond donors (Lipinski definition) is 1. The molecule has 1 aliphatic rings. The molecule has 1 saturated heterocycles. The Bertz CT molecular complexity index is 464. The van der Waals surface area contributed by atoms with Crippen LogP contribution in [0.25, 0.3) is 0 Å². The molecule has 0 spiro atoms. The lowest BCUT2D eigenvalue weighted by Gasteiger charge is -2.25. The molecule has 98 valence electrons. The molecule has 1 heterocycles. The molecule has 0 aromatic heterocycles. The predicted molar refractivity (Wildman–Crippen MR) is 69.0 cm³/mol. The summed E-state index contributed by atoms with van der Waals surface area (Å²) < 4.78 is 5.07. The summed E-state index contributed by atoms with van der Waals surface area (Å²) in [6.07, 6.45) is 0.843. The average Bonchev–Trinajstić information content (AvgIpc) is 2.69. The van der Waals surface area contributed by atoms with Crippen LogP contribution in [0.15, 0.2) is 18.2 Å². The highest BCUT2D eigenvalue weighted by molar-refractivity contribution is 5.70. The molecule has 2 unspecified atom stereocenters. The zero-order valence-electron chi connectivity index (χ0n) is 10.5. The molecule has 1 aliphatic heterocycles. The summed E-state index contributed by atoms with van der Waals surface area (Å²) in [5, 5.41) is 11.2. The number of anilines is 1. The highest BCUT2D eigenvalue weighted by Gasteiger charge is 2.33. The third kappa shape index (κ3) is 1.99. The topological polar surface area (TPSA) is 81.6 Å². The van der Waals surface area contributed by atoms with E-state index in [9.17, 15) is 10.1 Å². The summed E-state index contributed by atoms with van der Waals surface area (Å²) in [6, 6.07) is 5.25. The summed E-state index contributed by atoms with van der Waals surface area (Å²) in [5.74, 6) is 0.283. The second kappa shape index (κ2) is 4.81. The van der Waals surface area contributed by atoms with Crippen LogP contribution in [0.2, 0.25) is 0 Å². The zero-order chi connectivity index (χ0) is 13.3. The highest BCUT2D eigenvalue weighted by atomic mass is 16.6. The Hall–Kier alpha value is -1.82. The minimum absolute atomic E-state index is 0.0148. The molecule has 0 bridgehead atoms. The van der Waals surface area contributed by atoms with Gasteiger partial charge in [0.1, 0.15) is 5.69 Å². The first kappa shape index (κ1) is 12.6. The summed E-state index contributed by atoms with van der Waals surface area (Å²) in [4.78, 5) is 12.8. The van der Waals surface area contributed by atoms with Crippen molar-refractivity contribution in [3.63, 3.8) is 0 Å². The maximum atomic E-state index is 11.2. The van der Waals surface area contributed by atoms with E-state index >= 15 is 0 Å². The number of rotatable bonds is 3. The Morgan fingerprint density at radius 2 is 2.28 bits per heavy atom. The Labute approximate surface area is 105 Å². The van der Waals surface area contributed by atoms with Gasteiger partial charge in [-0.05, 0) is 25.5 Å². The van der Waals surface area contributed by atoms with Crippen molar-refractivity contribution in [1.82, 2.24) is 0 Å². The van der Waals surface area contributed by atoms with Crippen LogP contribution in [-0.2, 0) is 0 Å². The summed E-state index contributed by atoms with van der Waals surface area (Å²) in [5.41, 5.74) is 6.56. The first-order valence-electron chi connectivity index (χ1n) is 5.90. The van der Waals surface area contributed by atoms with E-state index in [1.807, 2.05) is 11.8 Å². The number of ether oxygens (including phenoxy) is 1. The van der Waals surface area contributed by atoms with Crippen LogP contribution in [-0.4, -0.2) is 30.7 Å². The van der Waals surface area contributed by atoms with Gasteiger partial charge in [-0.3, -0.25) is 10.1 Å². The first-order valence-corrected chi connectivity index (χ1v) is 5.90. The smallest absolute Gasteiger partial charge is 0.333 e. The Balaban J connectivity index is 2.47. The van der Waals surface area contributed by atoms with Crippen LogP contribution >= 0.6 is 0 Å². The van der Waals surface area contributed by atoms with Crippen LogP contribution in [0.1, 0.15) is 13.3 Å². The van der Waals surface area contributed by atoms with Crippen molar-refractivity contribution in [2.75, 3.05) is 18.6 Å². The molecule has 18 heavy (non-hydrogen) atoms. The van der Waals surface area contributed by atoms with Crippen LogP contribution in [0.3, 0.4) is 0 Å². The van der Waals surface area contributed by atoms with E-state index in [1.165, 1.54) is 7.11 Å². The number of nitro groups is 1. The minimum Gasteiger partial charge on any atom is -0.490 e. The molecular formula is C12H17N3O3. The number of hydrogen-bond acceptors (Lipinski definition) is 5. The van der Waals surface area contributed by atoms with Gasteiger partial charge in [0.2, 0.25) is 0 Å². The summed E-state index contributed by atoms with van der Waals surface area (Å²) >= 11 is 0. The number of nitrogens with zero attached hydrogens (tertiary/aromatic N) is 2. The molecule has 6 nitrogen and oxygen atoms in total. The molecule has 1 aromatic rings. The molecule has 2 rings (SSSR count). The minimum atomic E-state index is -0.398. The van der Waals surface area contributed by atoms with Crippen LogP contribution in [0.5, 0.6) is 5.75 Å². The SMILES string of the molecule is COc1cccc(N2CCC(N)C2C)c1[N+](=O)[O-]. The fourth-order valence-electron chi connectivity index (χ4n) is 2.39. The molecular weight excluding hydrogens is 234 g/mol. The summed E-state index contributed by atoms with van der Waals surface area (Å²) in [7, 11) is 1.44. The maximum Gasteiger partial charge on any atom is 0.333 e. The van der Waals surface area contributed by atoms with Gasteiger partial charge in [0, 0.05) is 18.6 Å². The quantitative estimate of drug-likeness (QED) is 0.650. The van der Waals surface area contributed by atoms with Crippen LogP contribution in [0, 0.1) is 10.1 Å². The van der Waals surface area contributed by atoms with E-state index in [0.717, 1.165) is 13.0 Å². The molecule has 0 radical (unpaired) electrons. The number of methoxy groups -OCH3 is 1. The fourth-order valence-corrected chi connectivity index (χ4v) is 2.39. The van der Waals surface area contributed by atoms with Gasteiger partial charge in [-0.25, -0.2) is 0 Å². The van der Waals surface area contributed by atoms with Gasteiger partial charge in [0.25, 0.3) is 0 Å². The van der Waals surface area contributed by atoms with Gasteiger partial charge in [0.15, 0.2) is 5.75 Å². The predicted octanol–water partition coefficient (Wildman–Crippen LogP) is 1.53. The largest absolute Gasteiger partial charge is 0.490 e. The first-order chi connectivity index (χ1) is 8.56. The van der Waals surface area contributed by atoms with Crippen molar-refractivity contribution in [3.8, 4) is 5.75 Å². The molecule has 1 aromatic carbocycles. The zero-order valence-corrected chi connectivity index (χ0v) is 10.5. The Morgan fingerprint density at radius 1 is 1.56 bits per heavy atom. The highest BCUT2D eigenvalue weighted by Crippen LogP contribution is 2.39. The van der Waals surface area contributed by atoms with Crippen molar-refractivity contribution < 1.29 is 9.66 Å². The number of nitro benzene ring substituents is 1. The van der Waals surface area contributed by atoms with Gasteiger partial charge >= 0.3 is 5.69 Å². The molecule has 0 amide bonds. The van der Waals surface area contributed by atoms with E-state index in [0.29, 0.717) is 5.69 Å². The second-order valence-electron chi connectivity index (χ2n) is 4.47. The van der Waals surface area contributed by atoms with Crippen molar-refractivity contribution >= 4 is 11.4 Å². The number of nitrogens with two attached hydrogens (primary N) is 1. The third-order valence-corrected chi connectivity index (χ3v) is 3.50. The van der Waals surface area contributed by atoms with Crippen molar-refractivity contribution in [2.45, 2.75) is 25.4 Å². The molecule has 6 heteroatoms. The molecule has 2 N–H and O–H groups in total. The van der Waals surface area contributed by atoms with Gasteiger partial charge < -0.3 is 15.4 Å². The number of para-hydroxylation sites is 1. The van der Waals surface area contributed by atoms with Crippen molar-refractivity contribution in [3.05, 3.63) is 28.3 Å². The van der Waals surface area contributed by atoms with E-state index in [-0.39, 0.29) is 23.5 Å². The van der Waals surface area contributed by atoms with Gasteiger partial charge in [-0.1, -0.05) is 6.07 Å². The molecule has 0 aliphatic carbocycles. The average molecular weight is 251 g/mol. The molecule has 2 atom stereocenters. The molecule has 0 saturated carbocycles. The van der Waals surface area contributed by atoms with Crippen molar-refractivity contribution in [1.29, 1.82) is 0 Å². The second-order valence-corrected chi connectivity index (χ2v) is 4.47. The Morgan fingerprint density at radius 3 is 2.78 bits per heavy atom.